The molecule has 0 heteroatoms. The van der Waals surface area contributed by atoms with Crippen LogP contribution in [0.25, 0.3) is 11.1 Å². The van der Waals surface area contributed by atoms with Crippen LogP contribution in [-0.2, 0) is 10.8 Å². The zero-order valence-electron chi connectivity index (χ0n) is 23.8. The Kier molecular flexibility index (Phi) is 5.23. The van der Waals surface area contributed by atoms with Gasteiger partial charge >= 0.3 is 0 Å². The van der Waals surface area contributed by atoms with Crippen molar-refractivity contribution in [3.05, 3.63) is 190 Å². The van der Waals surface area contributed by atoms with Gasteiger partial charge in [0, 0.05) is 0 Å². The van der Waals surface area contributed by atoms with Crippen LogP contribution in [0.15, 0.2) is 151 Å². The largest absolute Gasteiger partial charge is 0.0912 e. The van der Waals surface area contributed by atoms with E-state index in [9.17, 15) is 0 Å². The fraction of sp³-hybridized carbons (Fsp3) is 0.171. The first kappa shape index (κ1) is 24.4. The van der Waals surface area contributed by atoms with Crippen molar-refractivity contribution in [1.82, 2.24) is 0 Å². The molecule has 0 heterocycles. The Morgan fingerprint density at radius 3 is 2.00 bits per heavy atom. The summed E-state index contributed by atoms with van der Waals surface area (Å²) < 4.78 is 0. The van der Waals surface area contributed by atoms with Crippen LogP contribution in [-0.4, -0.2) is 0 Å². The van der Waals surface area contributed by atoms with Crippen LogP contribution in [0.4, 0.5) is 0 Å². The van der Waals surface area contributed by atoms with E-state index in [0.717, 1.165) is 18.4 Å². The van der Waals surface area contributed by atoms with E-state index in [0.29, 0.717) is 5.92 Å². The van der Waals surface area contributed by atoms with Crippen molar-refractivity contribution in [2.45, 2.75) is 43.4 Å². The average molecular weight is 527 g/mol. The Balaban J connectivity index is 1.58. The molecule has 0 amide bonds. The first-order valence-corrected chi connectivity index (χ1v) is 15.0. The van der Waals surface area contributed by atoms with Gasteiger partial charge in [-0.05, 0) is 85.5 Å². The lowest BCUT2D eigenvalue weighted by Crippen LogP contribution is -2.44. The lowest BCUT2D eigenvalue weighted by molar-refractivity contribution is 0.605. The maximum atomic E-state index is 4.52. The molecule has 0 unspecified atom stereocenters. The zero-order chi connectivity index (χ0) is 27.8. The van der Waals surface area contributed by atoms with Gasteiger partial charge in [-0.2, -0.15) is 0 Å². The highest BCUT2D eigenvalue weighted by atomic mass is 14.6. The lowest BCUT2D eigenvalue weighted by Gasteiger charge is -2.50. The van der Waals surface area contributed by atoms with Crippen LogP contribution in [0, 0.1) is 0 Å². The molecule has 2 spiro atoms. The van der Waals surface area contributed by atoms with E-state index < -0.39 is 0 Å². The van der Waals surface area contributed by atoms with Crippen molar-refractivity contribution >= 4 is 0 Å². The van der Waals surface area contributed by atoms with Crippen molar-refractivity contribution in [3.63, 3.8) is 0 Å². The van der Waals surface area contributed by atoms with Crippen LogP contribution in [0.2, 0.25) is 0 Å². The number of benzene rings is 4. The summed E-state index contributed by atoms with van der Waals surface area (Å²) >= 11 is 0. The van der Waals surface area contributed by atoms with Gasteiger partial charge in [-0.1, -0.05) is 148 Å². The molecule has 0 saturated heterocycles. The molecule has 0 fully saturated rings. The van der Waals surface area contributed by atoms with E-state index in [1.807, 2.05) is 0 Å². The fourth-order valence-electron chi connectivity index (χ4n) is 8.28. The van der Waals surface area contributed by atoms with E-state index >= 15 is 0 Å². The molecule has 0 aliphatic heterocycles. The van der Waals surface area contributed by atoms with Crippen molar-refractivity contribution in [2.75, 3.05) is 0 Å². The molecule has 0 nitrogen and oxygen atoms in total. The molecule has 0 aromatic heterocycles. The fourth-order valence-corrected chi connectivity index (χ4v) is 8.28. The van der Waals surface area contributed by atoms with Gasteiger partial charge in [0.15, 0.2) is 0 Å². The standard InChI is InChI=1S/C41H34/c1-27(2)29-23-24-32-31-16-5-7-18-34(31)41(39(32)26-29)37-21-10-8-19-35(37)40(36-20-9-11-22-38(36)41)25-13-12-14-28(3)30-15-4-6-17-33(30)40/h4-5,7-16,18-27H,3,6,17H2,1-2H3/b14-12-,25-13?. The first-order valence-electron chi connectivity index (χ1n) is 15.0. The van der Waals surface area contributed by atoms with Crippen LogP contribution >= 0.6 is 0 Å². The summed E-state index contributed by atoms with van der Waals surface area (Å²) in [5, 5.41) is 0. The third kappa shape index (κ3) is 3.06. The maximum absolute atomic E-state index is 4.52. The molecule has 0 saturated carbocycles. The van der Waals surface area contributed by atoms with Crippen molar-refractivity contribution in [3.8, 4) is 11.1 Å². The molecule has 4 aromatic rings. The Hall–Kier alpha value is -4.42. The Morgan fingerprint density at radius 1 is 0.659 bits per heavy atom. The smallest absolute Gasteiger partial charge is 0.0720 e. The Morgan fingerprint density at radius 2 is 1.29 bits per heavy atom. The highest BCUT2D eigenvalue weighted by molar-refractivity contribution is 5.89. The van der Waals surface area contributed by atoms with Gasteiger partial charge in [-0.25, -0.2) is 0 Å². The maximum Gasteiger partial charge on any atom is 0.0720 e. The first-order chi connectivity index (χ1) is 20.1. The minimum Gasteiger partial charge on any atom is -0.0912 e. The third-order valence-electron chi connectivity index (χ3n) is 9.99. The Labute approximate surface area is 243 Å². The molecule has 0 atom stereocenters. The van der Waals surface area contributed by atoms with Crippen molar-refractivity contribution < 1.29 is 0 Å². The van der Waals surface area contributed by atoms with Gasteiger partial charge in [-0.15, -0.1) is 0 Å². The monoisotopic (exact) mass is 526 g/mol. The molecule has 41 heavy (non-hydrogen) atoms. The van der Waals surface area contributed by atoms with Crippen molar-refractivity contribution in [2.24, 2.45) is 0 Å². The summed E-state index contributed by atoms with van der Waals surface area (Å²) in [5.74, 6) is 0.453. The average Bonchev–Trinajstić information content (AvgIpc) is 3.30. The van der Waals surface area contributed by atoms with Crippen LogP contribution < -0.4 is 0 Å². The molecule has 8 rings (SSSR count). The van der Waals surface area contributed by atoms with Gasteiger partial charge in [0.25, 0.3) is 0 Å². The second kappa shape index (κ2) is 8.79. The van der Waals surface area contributed by atoms with E-state index in [1.54, 1.807) is 0 Å². The summed E-state index contributed by atoms with van der Waals surface area (Å²) in [5.41, 5.74) is 15.5. The van der Waals surface area contributed by atoms with E-state index in [-0.39, 0.29) is 10.8 Å². The quantitative estimate of drug-likeness (QED) is 0.204. The molecule has 0 radical (unpaired) electrons. The summed E-state index contributed by atoms with van der Waals surface area (Å²) in [6, 6.07) is 35.0. The number of fused-ring (bicyclic) bond motifs is 12. The summed E-state index contributed by atoms with van der Waals surface area (Å²) in [6.45, 7) is 9.13. The van der Waals surface area contributed by atoms with Crippen molar-refractivity contribution in [1.29, 1.82) is 0 Å². The van der Waals surface area contributed by atoms with E-state index in [4.69, 9.17) is 0 Å². The molecule has 4 aromatic carbocycles. The van der Waals surface area contributed by atoms with Gasteiger partial charge in [0.1, 0.15) is 0 Å². The number of allylic oxidation sites excluding steroid dienone is 9. The minimum atomic E-state index is -0.385. The molecular formula is C41H34. The van der Waals surface area contributed by atoms with Gasteiger partial charge in [-0.3, -0.25) is 0 Å². The predicted octanol–water partition coefficient (Wildman–Crippen LogP) is 10.1. The van der Waals surface area contributed by atoms with E-state index in [2.05, 4.69) is 148 Å². The van der Waals surface area contributed by atoms with Gasteiger partial charge in [0.05, 0.1) is 10.8 Å². The summed E-state index contributed by atoms with van der Waals surface area (Å²) in [7, 11) is 0. The molecule has 0 bridgehead atoms. The molecular weight excluding hydrogens is 492 g/mol. The van der Waals surface area contributed by atoms with Gasteiger partial charge < -0.3 is 0 Å². The molecule has 4 aliphatic carbocycles. The third-order valence-corrected chi connectivity index (χ3v) is 9.99. The number of hydrogen-bond acceptors (Lipinski definition) is 0. The SMILES string of the molecule is C=C1/C=C\C=CC2(C3=C1C=CCC3)c1ccccc1C1(c3ccccc3-c3ccc(C(C)C)cc31)c1ccccc12. The number of rotatable bonds is 1. The molecule has 4 aliphatic rings. The topological polar surface area (TPSA) is 0 Å². The molecule has 198 valence electrons. The Bertz CT molecular complexity index is 1840. The predicted molar refractivity (Wildman–Crippen MR) is 171 cm³/mol. The highest BCUT2D eigenvalue weighted by Crippen LogP contribution is 2.64. The van der Waals surface area contributed by atoms with E-state index in [1.165, 1.54) is 61.2 Å². The van der Waals surface area contributed by atoms with Crippen LogP contribution in [0.1, 0.15) is 71.6 Å². The lowest BCUT2D eigenvalue weighted by atomic mass is 9.51. The summed E-state index contributed by atoms with van der Waals surface area (Å²) in [4.78, 5) is 0. The van der Waals surface area contributed by atoms with Gasteiger partial charge in [0.2, 0.25) is 0 Å². The minimum absolute atomic E-state index is 0.375. The second-order valence-electron chi connectivity index (χ2n) is 12.2. The molecule has 0 N–H and O–H groups in total. The van der Waals surface area contributed by atoms with Crippen LogP contribution in [0.5, 0.6) is 0 Å². The highest BCUT2D eigenvalue weighted by Gasteiger charge is 2.56. The zero-order valence-corrected chi connectivity index (χ0v) is 23.8. The van der Waals surface area contributed by atoms with Crippen LogP contribution in [0.3, 0.4) is 0 Å². The second-order valence-corrected chi connectivity index (χ2v) is 12.2. The number of hydrogen-bond donors (Lipinski definition) is 0. The normalized spacial score (nSPS) is 24.0. The summed E-state index contributed by atoms with van der Waals surface area (Å²) in [6.07, 6.45) is 15.8.